The molecule has 0 aliphatic carbocycles. The van der Waals surface area contributed by atoms with Crippen molar-refractivity contribution in [3.63, 3.8) is 0 Å². The van der Waals surface area contributed by atoms with Crippen LogP contribution in [0.15, 0.2) is 60.7 Å². The summed E-state index contributed by atoms with van der Waals surface area (Å²) in [4.78, 5) is 24.5. The van der Waals surface area contributed by atoms with Gasteiger partial charge in [-0.2, -0.15) is 0 Å². The summed E-state index contributed by atoms with van der Waals surface area (Å²) in [7, 11) is 6.15. The topological polar surface area (TPSA) is 34.1 Å². The average Bonchev–Trinajstić information content (AvgIpc) is 2.65. The van der Waals surface area contributed by atoms with Crippen molar-refractivity contribution in [3.8, 4) is 0 Å². The van der Waals surface area contributed by atoms with E-state index in [1.807, 2.05) is 74.5 Å². The highest BCUT2D eigenvalue weighted by molar-refractivity contribution is 9.26. The minimum atomic E-state index is -0.120. The molecule has 2 atom stereocenters. The molecule has 0 bridgehead atoms. The van der Waals surface area contributed by atoms with Crippen LogP contribution in [0.2, 0.25) is 0 Å². The van der Waals surface area contributed by atoms with Gasteiger partial charge in [-0.3, -0.25) is 9.59 Å². The van der Waals surface area contributed by atoms with Crippen LogP contribution < -0.4 is 0 Å². The summed E-state index contributed by atoms with van der Waals surface area (Å²) in [5.41, 5.74) is 1.48. The molecule has 0 heterocycles. The van der Waals surface area contributed by atoms with E-state index >= 15 is 0 Å². The molecule has 0 saturated carbocycles. The first-order chi connectivity index (χ1) is 11.6. The number of hydrogen-bond acceptors (Lipinski definition) is 6. The first-order valence-electron chi connectivity index (χ1n) is 7.43. The molecule has 0 aliphatic heterocycles. The molecule has 0 N–H and O–H groups in total. The Morgan fingerprint density at radius 2 is 1.00 bits per heavy atom. The van der Waals surface area contributed by atoms with Gasteiger partial charge >= 0.3 is 0 Å². The van der Waals surface area contributed by atoms with Gasteiger partial charge in [-0.25, -0.2) is 0 Å². The number of Topliss-reactive ketones (excluding diaryl/α,β-unsaturated/α-hetero) is 2. The van der Waals surface area contributed by atoms with Gasteiger partial charge in [0.15, 0.2) is 11.6 Å². The predicted octanol–water partition coefficient (Wildman–Crippen LogP) is 6.21. The van der Waals surface area contributed by atoms with E-state index < -0.39 is 0 Å². The van der Waals surface area contributed by atoms with Crippen LogP contribution in [-0.2, 0) is 0 Å². The van der Waals surface area contributed by atoms with E-state index in [1.54, 1.807) is 19.7 Å². The van der Waals surface area contributed by atoms with Crippen molar-refractivity contribution >= 4 is 52.8 Å². The first kappa shape index (κ1) is 19.5. The van der Waals surface area contributed by atoms with Crippen LogP contribution in [0.5, 0.6) is 0 Å². The van der Waals surface area contributed by atoms with Crippen molar-refractivity contribution in [2.24, 2.45) is 0 Å². The third-order valence-electron chi connectivity index (χ3n) is 3.25. The van der Waals surface area contributed by atoms with Gasteiger partial charge in [0.05, 0.1) is 10.5 Å². The van der Waals surface area contributed by atoms with E-state index in [2.05, 4.69) is 0 Å². The summed E-state index contributed by atoms with van der Waals surface area (Å²) in [6.07, 6.45) is 0. The average molecular weight is 395 g/mol. The summed E-state index contributed by atoms with van der Waals surface area (Å²) in [5, 5.41) is -0.240. The standard InChI is InChI=1S/C18H18O2S4/c1-13(17(19)15-9-5-3-6-10-15)21-23-24-22-14(2)18(20)16-11-7-4-8-12-16/h3-14H,1-2H3. The summed E-state index contributed by atoms with van der Waals surface area (Å²) < 4.78 is 0. The van der Waals surface area contributed by atoms with E-state index in [-0.39, 0.29) is 22.1 Å². The maximum Gasteiger partial charge on any atom is 0.176 e. The second-order valence-electron chi connectivity index (χ2n) is 5.07. The van der Waals surface area contributed by atoms with Crippen LogP contribution in [0, 0.1) is 0 Å². The molecule has 0 aliphatic rings. The maximum absolute atomic E-state index is 12.3. The summed E-state index contributed by atoms with van der Waals surface area (Å²) in [6, 6.07) is 18.7. The van der Waals surface area contributed by atoms with Crippen LogP contribution in [0.3, 0.4) is 0 Å². The Balaban J connectivity index is 1.72. The van der Waals surface area contributed by atoms with Crippen LogP contribution in [0.1, 0.15) is 34.6 Å². The molecule has 0 amide bonds. The van der Waals surface area contributed by atoms with Crippen LogP contribution >= 0.6 is 41.2 Å². The van der Waals surface area contributed by atoms with Crippen molar-refractivity contribution in [2.45, 2.75) is 24.3 Å². The fourth-order valence-electron chi connectivity index (χ4n) is 1.91. The predicted molar refractivity (Wildman–Crippen MR) is 111 cm³/mol. The Kier molecular flexibility index (Phi) is 8.32. The largest absolute Gasteiger partial charge is 0.293 e. The Hall–Kier alpha value is -0.820. The molecule has 2 aromatic carbocycles. The van der Waals surface area contributed by atoms with Gasteiger partial charge in [-0.05, 0) is 33.5 Å². The van der Waals surface area contributed by atoms with Gasteiger partial charge in [0.25, 0.3) is 0 Å². The van der Waals surface area contributed by atoms with E-state index in [1.165, 1.54) is 21.6 Å². The minimum Gasteiger partial charge on any atom is -0.293 e. The lowest BCUT2D eigenvalue weighted by atomic mass is 10.1. The number of rotatable bonds is 9. The van der Waals surface area contributed by atoms with Gasteiger partial charge < -0.3 is 0 Å². The Morgan fingerprint density at radius 1 is 0.667 bits per heavy atom. The third-order valence-corrected chi connectivity index (χ3v) is 10.3. The monoisotopic (exact) mass is 394 g/mol. The van der Waals surface area contributed by atoms with Crippen molar-refractivity contribution in [3.05, 3.63) is 71.8 Å². The highest BCUT2D eigenvalue weighted by atomic mass is 33.7. The third kappa shape index (κ3) is 5.92. The van der Waals surface area contributed by atoms with E-state index in [9.17, 15) is 9.59 Å². The van der Waals surface area contributed by atoms with Crippen molar-refractivity contribution in [2.75, 3.05) is 0 Å². The van der Waals surface area contributed by atoms with Gasteiger partial charge in [-0.15, -0.1) is 0 Å². The molecule has 24 heavy (non-hydrogen) atoms. The highest BCUT2D eigenvalue weighted by Gasteiger charge is 2.18. The SMILES string of the molecule is CC(SSSSC(C)C(=O)c1ccccc1)C(=O)c1ccccc1. The van der Waals surface area contributed by atoms with E-state index in [4.69, 9.17) is 0 Å². The van der Waals surface area contributed by atoms with Crippen LogP contribution in [0.25, 0.3) is 0 Å². The van der Waals surface area contributed by atoms with E-state index in [0.29, 0.717) is 0 Å². The second kappa shape index (κ2) is 10.2. The molecule has 2 aromatic rings. The van der Waals surface area contributed by atoms with Crippen molar-refractivity contribution in [1.82, 2.24) is 0 Å². The lowest BCUT2D eigenvalue weighted by Crippen LogP contribution is -2.12. The fraction of sp³-hybridized carbons (Fsp3) is 0.222. The summed E-state index contributed by atoms with van der Waals surface area (Å²) in [6.45, 7) is 3.83. The molecule has 126 valence electrons. The summed E-state index contributed by atoms with van der Waals surface area (Å²) >= 11 is 0. The van der Waals surface area contributed by atoms with Gasteiger partial charge in [-0.1, -0.05) is 82.3 Å². The van der Waals surface area contributed by atoms with Crippen LogP contribution in [0.4, 0.5) is 0 Å². The molecule has 0 spiro atoms. The molecule has 0 saturated heterocycles. The number of ketones is 2. The Morgan fingerprint density at radius 3 is 1.33 bits per heavy atom. The first-order valence-corrected chi connectivity index (χ1v) is 12.4. The normalized spacial score (nSPS) is 13.2. The van der Waals surface area contributed by atoms with Crippen molar-refractivity contribution in [1.29, 1.82) is 0 Å². The lowest BCUT2D eigenvalue weighted by Gasteiger charge is -2.11. The number of benzene rings is 2. The molecule has 0 radical (unpaired) electrons. The van der Waals surface area contributed by atoms with Gasteiger partial charge in [0.1, 0.15) is 0 Å². The quantitative estimate of drug-likeness (QED) is 0.286. The molecule has 2 unspecified atom stereocenters. The van der Waals surface area contributed by atoms with Crippen molar-refractivity contribution < 1.29 is 9.59 Å². The smallest absolute Gasteiger partial charge is 0.176 e. The minimum absolute atomic E-state index is 0.120. The zero-order chi connectivity index (χ0) is 17.4. The Bertz CT molecular complexity index is 602. The second-order valence-corrected chi connectivity index (χ2v) is 11.6. The van der Waals surface area contributed by atoms with Gasteiger partial charge in [0.2, 0.25) is 0 Å². The zero-order valence-electron chi connectivity index (χ0n) is 13.4. The molecular weight excluding hydrogens is 376 g/mol. The molecule has 2 rings (SSSR count). The number of hydrogen-bond donors (Lipinski definition) is 0. The molecule has 0 fully saturated rings. The zero-order valence-corrected chi connectivity index (χ0v) is 16.6. The van der Waals surface area contributed by atoms with Crippen LogP contribution in [-0.4, -0.2) is 22.1 Å². The van der Waals surface area contributed by atoms with Gasteiger partial charge in [0, 0.05) is 11.1 Å². The highest BCUT2D eigenvalue weighted by Crippen LogP contribution is 2.47. The molecule has 6 heteroatoms. The fourth-order valence-corrected chi connectivity index (χ4v) is 8.51. The number of carbonyl (C=O) groups excluding carboxylic acids is 2. The number of carbonyl (C=O) groups is 2. The summed E-state index contributed by atoms with van der Waals surface area (Å²) in [5.74, 6) is 0.263. The maximum atomic E-state index is 12.3. The Labute approximate surface area is 158 Å². The lowest BCUT2D eigenvalue weighted by molar-refractivity contribution is 0.0986. The molecular formula is C18H18O2S4. The molecule has 2 nitrogen and oxygen atoms in total. The van der Waals surface area contributed by atoms with E-state index in [0.717, 1.165) is 11.1 Å². The molecule has 0 aromatic heterocycles.